The molecule has 0 aliphatic heterocycles. The summed E-state index contributed by atoms with van der Waals surface area (Å²) in [6.07, 6.45) is 0.911. The molecular formula is C14H20N4O. The molecule has 0 atom stereocenters. The molecule has 2 rings (SSSR count). The van der Waals surface area contributed by atoms with Crippen molar-refractivity contribution in [3.05, 3.63) is 34.6 Å². The normalized spacial score (nSPS) is 11.3. The number of hydrogen-bond donors (Lipinski definition) is 0. The molecule has 0 bridgehead atoms. The van der Waals surface area contributed by atoms with Gasteiger partial charge in [0.05, 0.1) is 5.39 Å². The minimum atomic E-state index is -0.0508. The van der Waals surface area contributed by atoms with Gasteiger partial charge in [0.15, 0.2) is 0 Å². The highest BCUT2D eigenvalue weighted by molar-refractivity contribution is 5.76. The molecule has 0 aliphatic rings. The first kappa shape index (κ1) is 13.7. The molecule has 19 heavy (non-hydrogen) atoms. The van der Waals surface area contributed by atoms with Crippen LogP contribution >= 0.6 is 0 Å². The summed E-state index contributed by atoms with van der Waals surface area (Å²) in [6.45, 7) is 7.96. The van der Waals surface area contributed by atoms with Crippen molar-refractivity contribution in [3.63, 3.8) is 0 Å². The van der Waals surface area contributed by atoms with Gasteiger partial charge in [-0.2, -0.15) is 0 Å². The Morgan fingerprint density at radius 2 is 1.95 bits per heavy atom. The second-order valence-corrected chi connectivity index (χ2v) is 4.52. The molecule has 102 valence electrons. The molecule has 1 aromatic heterocycles. The van der Waals surface area contributed by atoms with Crippen LogP contribution in [0, 0.1) is 0 Å². The topological polar surface area (TPSA) is 51.0 Å². The van der Waals surface area contributed by atoms with Gasteiger partial charge in [0.25, 0.3) is 5.56 Å². The van der Waals surface area contributed by atoms with Crippen LogP contribution in [0.25, 0.3) is 10.9 Å². The molecule has 5 heteroatoms. The van der Waals surface area contributed by atoms with E-state index in [9.17, 15) is 4.79 Å². The van der Waals surface area contributed by atoms with Crippen molar-refractivity contribution in [1.29, 1.82) is 0 Å². The van der Waals surface area contributed by atoms with E-state index in [0.29, 0.717) is 17.4 Å². The van der Waals surface area contributed by atoms with Crippen LogP contribution in [0.5, 0.6) is 0 Å². The third kappa shape index (κ3) is 3.17. The molecule has 0 N–H and O–H groups in total. The quantitative estimate of drug-likeness (QED) is 0.790. The van der Waals surface area contributed by atoms with Gasteiger partial charge in [-0.1, -0.05) is 31.2 Å². The lowest BCUT2D eigenvalue weighted by Crippen LogP contribution is -2.28. The Labute approximate surface area is 112 Å². The third-order valence-electron chi connectivity index (χ3n) is 3.37. The van der Waals surface area contributed by atoms with E-state index < -0.39 is 0 Å². The lowest BCUT2D eigenvalue weighted by molar-refractivity contribution is 0.289. The summed E-state index contributed by atoms with van der Waals surface area (Å²) in [5.74, 6) is 0. The van der Waals surface area contributed by atoms with Gasteiger partial charge in [-0.25, -0.2) is 4.68 Å². The summed E-state index contributed by atoms with van der Waals surface area (Å²) in [5.41, 5.74) is 0.609. The largest absolute Gasteiger partial charge is 0.304 e. The van der Waals surface area contributed by atoms with Crippen LogP contribution in [-0.2, 0) is 6.54 Å². The second-order valence-electron chi connectivity index (χ2n) is 4.52. The standard InChI is InChI=1S/C14H20N4O/c1-3-17(4-2)10-7-11-18-14(19)12-8-5-6-9-13(12)15-16-18/h5-6,8-9H,3-4,7,10-11H2,1-2H3. The second kappa shape index (κ2) is 6.43. The van der Waals surface area contributed by atoms with Crippen LogP contribution in [0.3, 0.4) is 0 Å². The molecule has 1 aromatic carbocycles. The Balaban J connectivity index is 2.09. The van der Waals surface area contributed by atoms with Crippen molar-refractivity contribution in [2.75, 3.05) is 19.6 Å². The third-order valence-corrected chi connectivity index (χ3v) is 3.37. The van der Waals surface area contributed by atoms with Gasteiger partial charge in [-0.3, -0.25) is 4.79 Å². The Kier molecular flexibility index (Phi) is 4.63. The first-order valence-electron chi connectivity index (χ1n) is 6.81. The van der Waals surface area contributed by atoms with E-state index in [1.807, 2.05) is 18.2 Å². The van der Waals surface area contributed by atoms with Gasteiger partial charge in [0.1, 0.15) is 5.52 Å². The molecule has 0 saturated heterocycles. The number of aryl methyl sites for hydroxylation is 1. The maximum Gasteiger partial charge on any atom is 0.277 e. The van der Waals surface area contributed by atoms with E-state index in [1.165, 1.54) is 4.68 Å². The van der Waals surface area contributed by atoms with Crippen LogP contribution < -0.4 is 5.56 Å². The minimum absolute atomic E-state index is 0.0508. The average Bonchev–Trinajstić information content (AvgIpc) is 2.46. The molecule has 0 spiro atoms. The number of nitrogens with zero attached hydrogens (tertiary/aromatic N) is 4. The van der Waals surface area contributed by atoms with Gasteiger partial charge in [-0.15, -0.1) is 5.10 Å². The number of fused-ring (bicyclic) bond motifs is 1. The molecular weight excluding hydrogens is 240 g/mol. The highest BCUT2D eigenvalue weighted by atomic mass is 16.1. The zero-order valence-corrected chi connectivity index (χ0v) is 11.5. The summed E-state index contributed by atoms with van der Waals surface area (Å²) >= 11 is 0. The summed E-state index contributed by atoms with van der Waals surface area (Å²) in [6, 6.07) is 7.32. The van der Waals surface area contributed by atoms with E-state index in [1.54, 1.807) is 6.07 Å². The maximum absolute atomic E-state index is 12.2. The molecule has 2 aromatic rings. The van der Waals surface area contributed by atoms with Gasteiger partial charge in [0.2, 0.25) is 0 Å². The molecule has 0 fully saturated rings. The lowest BCUT2D eigenvalue weighted by atomic mass is 10.2. The highest BCUT2D eigenvalue weighted by Gasteiger charge is 2.05. The molecule has 1 heterocycles. The molecule has 0 saturated carbocycles. The number of rotatable bonds is 6. The van der Waals surface area contributed by atoms with Crippen molar-refractivity contribution in [1.82, 2.24) is 19.9 Å². The van der Waals surface area contributed by atoms with Crippen molar-refractivity contribution in [2.24, 2.45) is 0 Å². The maximum atomic E-state index is 12.2. The summed E-state index contributed by atoms with van der Waals surface area (Å²) in [5, 5.41) is 8.71. The first-order chi connectivity index (χ1) is 9.26. The van der Waals surface area contributed by atoms with Crippen molar-refractivity contribution in [3.8, 4) is 0 Å². The van der Waals surface area contributed by atoms with E-state index >= 15 is 0 Å². The van der Waals surface area contributed by atoms with Crippen LogP contribution in [0.4, 0.5) is 0 Å². The first-order valence-corrected chi connectivity index (χ1v) is 6.81. The van der Waals surface area contributed by atoms with Crippen molar-refractivity contribution >= 4 is 10.9 Å². The van der Waals surface area contributed by atoms with E-state index in [4.69, 9.17) is 0 Å². The zero-order chi connectivity index (χ0) is 13.7. The Hall–Kier alpha value is -1.75. The van der Waals surface area contributed by atoms with Gasteiger partial charge < -0.3 is 4.90 Å². The van der Waals surface area contributed by atoms with Crippen molar-refractivity contribution in [2.45, 2.75) is 26.8 Å². The van der Waals surface area contributed by atoms with Gasteiger partial charge >= 0.3 is 0 Å². The fraction of sp³-hybridized carbons (Fsp3) is 0.500. The molecule has 0 unspecified atom stereocenters. The predicted molar refractivity (Wildman–Crippen MR) is 76.2 cm³/mol. The van der Waals surface area contributed by atoms with E-state index in [0.717, 1.165) is 26.1 Å². The highest BCUT2D eigenvalue weighted by Crippen LogP contribution is 2.03. The lowest BCUT2D eigenvalue weighted by Gasteiger charge is -2.17. The smallest absolute Gasteiger partial charge is 0.277 e. The van der Waals surface area contributed by atoms with E-state index in [-0.39, 0.29) is 5.56 Å². The Bertz CT molecular complexity index is 589. The molecule has 5 nitrogen and oxygen atoms in total. The van der Waals surface area contributed by atoms with E-state index in [2.05, 4.69) is 29.1 Å². The van der Waals surface area contributed by atoms with Gasteiger partial charge in [0, 0.05) is 6.54 Å². The fourth-order valence-electron chi connectivity index (χ4n) is 2.15. The fourth-order valence-corrected chi connectivity index (χ4v) is 2.15. The summed E-state index contributed by atoms with van der Waals surface area (Å²) in [4.78, 5) is 14.5. The average molecular weight is 260 g/mol. The number of hydrogen-bond acceptors (Lipinski definition) is 4. The van der Waals surface area contributed by atoms with Crippen LogP contribution in [-0.4, -0.2) is 39.5 Å². The monoisotopic (exact) mass is 260 g/mol. The predicted octanol–water partition coefficient (Wildman–Crippen LogP) is 1.52. The van der Waals surface area contributed by atoms with Crippen molar-refractivity contribution < 1.29 is 0 Å². The van der Waals surface area contributed by atoms with Crippen LogP contribution in [0.1, 0.15) is 20.3 Å². The number of aromatic nitrogens is 3. The Morgan fingerprint density at radius 3 is 2.68 bits per heavy atom. The summed E-state index contributed by atoms with van der Waals surface area (Å²) in [7, 11) is 0. The molecule has 0 aliphatic carbocycles. The minimum Gasteiger partial charge on any atom is -0.304 e. The zero-order valence-electron chi connectivity index (χ0n) is 11.5. The summed E-state index contributed by atoms with van der Waals surface area (Å²) < 4.78 is 1.46. The molecule has 0 amide bonds. The van der Waals surface area contributed by atoms with Crippen LogP contribution in [0.2, 0.25) is 0 Å². The number of benzene rings is 1. The Morgan fingerprint density at radius 1 is 1.21 bits per heavy atom. The van der Waals surface area contributed by atoms with Crippen LogP contribution in [0.15, 0.2) is 29.1 Å². The SMILES string of the molecule is CCN(CC)CCCn1nnc2ccccc2c1=O. The molecule has 0 radical (unpaired) electrons. The van der Waals surface area contributed by atoms with Gasteiger partial charge in [-0.05, 0) is 38.2 Å².